The molecule has 33 heavy (non-hydrogen) atoms. The van der Waals surface area contributed by atoms with Crippen molar-refractivity contribution >= 4 is 28.6 Å². The topological polar surface area (TPSA) is 108 Å². The normalized spacial score (nSPS) is 15.0. The highest BCUT2D eigenvalue weighted by Crippen LogP contribution is 2.45. The van der Waals surface area contributed by atoms with E-state index in [1.54, 1.807) is 11.0 Å². The molecule has 0 radical (unpaired) electrons. The fraction of sp³-hybridized carbons (Fsp3) is 0.115. The van der Waals surface area contributed by atoms with E-state index in [2.05, 4.69) is 10.3 Å². The molecule has 4 aromatic rings. The van der Waals surface area contributed by atoms with Crippen LogP contribution in [-0.4, -0.2) is 40.7 Å². The number of benzene rings is 3. The van der Waals surface area contributed by atoms with E-state index < -0.39 is 17.9 Å². The summed E-state index contributed by atoms with van der Waals surface area (Å²) in [4.78, 5) is 42.2. The van der Waals surface area contributed by atoms with Crippen molar-refractivity contribution in [1.29, 1.82) is 0 Å². The summed E-state index contributed by atoms with van der Waals surface area (Å²) in [6.07, 6.45) is 0. The molecule has 0 aliphatic carbocycles. The summed E-state index contributed by atoms with van der Waals surface area (Å²) in [6, 6.07) is 24.8. The van der Waals surface area contributed by atoms with E-state index in [1.807, 2.05) is 72.8 Å². The summed E-state index contributed by atoms with van der Waals surface area (Å²) in [5.41, 5.74) is 10.3. The zero-order valence-corrected chi connectivity index (χ0v) is 17.7. The summed E-state index contributed by atoms with van der Waals surface area (Å²) < 4.78 is 0. The van der Waals surface area contributed by atoms with Gasteiger partial charge in [0.1, 0.15) is 6.54 Å². The minimum atomic E-state index is -0.640. The lowest BCUT2D eigenvalue weighted by Gasteiger charge is -2.26. The van der Waals surface area contributed by atoms with Crippen LogP contribution in [0.2, 0.25) is 0 Å². The van der Waals surface area contributed by atoms with Gasteiger partial charge in [-0.1, -0.05) is 66.7 Å². The highest BCUT2D eigenvalue weighted by atomic mass is 16.2. The number of carbonyl (C=O) groups excluding carboxylic acids is 3. The molecule has 7 nitrogen and oxygen atoms in total. The number of amides is 3. The Balaban J connectivity index is 1.68. The van der Waals surface area contributed by atoms with E-state index in [0.717, 1.165) is 33.3 Å². The van der Waals surface area contributed by atoms with Crippen LogP contribution in [0.3, 0.4) is 0 Å². The first-order chi connectivity index (χ1) is 16.0. The number of nitrogens with zero attached hydrogens (tertiary/aromatic N) is 1. The van der Waals surface area contributed by atoms with Crippen LogP contribution in [0.15, 0.2) is 78.9 Å². The molecule has 0 saturated carbocycles. The molecule has 1 atom stereocenters. The van der Waals surface area contributed by atoms with Gasteiger partial charge >= 0.3 is 0 Å². The minimum Gasteiger partial charge on any atom is -0.368 e. The first-order valence-corrected chi connectivity index (χ1v) is 10.7. The van der Waals surface area contributed by atoms with E-state index in [0.29, 0.717) is 5.56 Å². The summed E-state index contributed by atoms with van der Waals surface area (Å²) in [5.74, 6) is -1.31. The molecule has 0 unspecified atom stereocenters. The molecular weight excluding hydrogens is 416 g/mol. The monoisotopic (exact) mass is 438 g/mol. The van der Waals surface area contributed by atoms with Crippen molar-refractivity contribution in [2.75, 3.05) is 13.1 Å². The second-order valence-electron chi connectivity index (χ2n) is 7.99. The first kappa shape index (κ1) is 20.5. The molecule has 1 aliphatic rings. The molecule has 7 heteroatoms. The van der Waals surface area contributed by atoms with Gasteiger partial charge in [-0.05, 0) is 23.3 Å². The number of para-hydroxylation sites is 1. The maximum atomic E-state index is 13.4. The van der Waals surface area contributed by atoms with Gasteiger partial charge in [-0.15, -0.1) is 0 Å². The van der Waals surface area contributed by atoms with Gasteiger partial charge < -0.3 is 20.9 Å². The van der Waals surface area contributed by atoms with Crippen molar-refractivity contribution in [2.45, 2.75) is 6.04 Å². The van der Waals surface area contributed by atoms with Crippen molar-refractivity contribution in [1.82, 2.24) is 15.2 Å². The van der Waals surface area contributed by atoms with Crippen LogP contribution in [-0.2, 0) is 9.59 Å². The van der Waals surface area contributed by atoms with Crippen LogP contribution in [0.5, 0.6) is 0 Å². The molecule has 2 heterocycles. The molecule has 4 N–H and O–H groups in total. The predicted molar refractivity (Wildman–Crippen MR) is 125 cm³/mol. The average Bonchev–Trinajstić information content (AvgIpc) is 3.34. The number of carbonyl (C=O) groups is 3. The Hall–Kier alpha value is -4.39. The fourth-order valence-corrected chi connectivity index (χ4v) is 4.52. The predicted octanol–water partition coefficient (Wildman–Crippen LogP) is 2.98. The largest absolute Gasteiger partial charge is 0.368 e. The zero-order valence-electron chi connectivity index (χ0n) is 17.7. The van der Waals surface area contributed by atoms with Gasteiger partial charge in [-0.25, -0.2) is 0 Å². The summed E-state index contributed by atoms with van der Waals surface area (Å²) >= 11 is 0. The van der Waals surface area contributed by atoms with E-state index in [4.69, 9.17) is 5.73 Å². The van der Waals surface area contributed by atoms with Gasteiger partial charge in [-0.2, -0.15) is 0 Å². The molecule has 3 aromatic carbocycles. The van der Waals surface area contributed by atoms with Crippen LogP contribution >= 0.6 is 0 Å². The molecule has 0 fully saturated rings. The number of hydrogen-bond acceptors (Lipinski definition) is 3. The number of rotatable bonds is 6. The van der Waals surface area contributed by atoms with E-state index in [1.165, 1.54) is 0 Å². The highest BCUT2D eigenvalue weighted by molar-refractivity contribution is 6.03. The molecule has 5 rings (SSSR count). The average molecular weight is 438 g/mol. The van der Waals surface area contributed by atoms with Crippen molar-refractivity contribution < 1.29 is 14.4 Å². The quantitative estimate of drug-likeness (QED) is 0.431. The molecule has 0 spiro atoms. The van der Waals surface area contributed by atoms with Gasteiger partial charge in [0.25, 0.3) is 5.91 Å². The summed E-state index contributed by atoms with van der Waals surface area (Å²) in [5, 5.41) is 3.47. The van der Waals surface area contributed by atoms with Crippen LogP contribution < -0.4 is 11.1 Å². The molecule has 0 saturated heterocycles. The zero-order chi connectivity index (χ0) is 22.9. The Labute approximate surface area is 190 Å². The standard InChI is InChI=1S/C26H22N4O3/c27-21(31)14-28-22(32)15-30-25(17-10-4-5-11-18(17)26(30)33)23-19-12-6-7-13-20(19)29-24(23)16-8-2-1-3-9-16/h1-13,25,29H,14-15H2,(H2,27,31)(H,28,32)/t25-/m1/s1. The number of nitrogens with one attached hydrogen (secondary N) is 2. The first-order valence-electron chi connectivity index (χ1n) is 10.7. The lowest BCUT2D eigenvalue weighted by atomic mass is 9.93. The van der Waals surface area contributed by atoms with Gasteiger partial charge in [0.05, 0.1) is 18.3 Å². The number of aromatic nitrogens is 1. The maximum Gasteiger partial charge on any atom is 0.255 e. The van der Waals surface area contributed by atoms with Gasteiger partial charge in [0.15, 0.2) is 0 Å². The third-order valence-electron chi connectivity index (χ3n) is 5.91. The number of hydrogen-bond donors (Lipinski definition) is 3. The van der Waals surface area contributed by atoms with E-state index in [-0.39, 0.29) is 19.0 Å². The Morgan fingerprint density at radius 2 is 1.64 bits per heavy atom. The lowest BCUT2D eigenvalue weighted by Crippen LogP contribution is -2.42. The lowest BCUT2D eigenvalue weighted by molar-refractivity contribution is -0.125. The second-order valence-corrected chi connectivity index (χ2v) is 7.99. The number of primary amides is 1. The van der Waals surface area contributed by atoms with Crippen molar-refractivity contribution in [2.24, 2.45) is 5.73 Å². The number of fused-ring (bicyclic) bond motifs is 2. The maximum absolute atomic E-state index is 13.4. The number of H-pyrrole nitrogens is 1. The smallest absolute Gasteiger partial charge is 0.255 e. The minimum absolute atomic E-state index is 0.195. The van der Waals surface area contributed by atoms with Crippen molar-refractivity contribution in [3.05, 3.63) is 95.6 Å². The van der Waals surface area contributed by atoms with Crippen LogP contribution in [0.1, 0.15) is 27.5 Å². The Bertz CT molecular complexity index is 1380. The molecular formula is C26H22N4O3. The number of aromatic amines is 1. The summed E-state index contributed by atoms with van der Waals surface area (Å²) in [7, 11) is 0. The summed E-state index contributed by atoms with van der Waals surface area (Å²) in [6.45, 7) is -0.472. The third-order valence-corrected chi connectivity index (χ3v) is 5.91. The fourth-order valence-electron chi connectivity index (χ4n) is 4.52. The Morgan fingerprint density at radius 3 is 2.42 bits per heavy atom. The molecule has 1 aliphatic heterocycles. The third kappa shape index (κ3) is 3.63. The molecule has 164 valence electrons. The van der Waals surface area contributed by atoms with Crippen molar-refractivity contribution in [3.8, 4) is 11.3 Å². The van der Waals surface area contributed by atoms with Crippen LogP contribution in [0.4, 0.5) is 0 Å². The van der Waals surface area contributed by atoms with Gasteiger partial charge in [-0.3, -0.25) is 14.4 Å². The molecule has 1 aromatic heterocycles. The SMILES string of the molecule is NC(=O)CNC(=O)CN1C(=O)c2ccccc2[C@@H]1c1c(-c2ccccc2)[nH]c2ccccc12. The second kappa shape index (κ2) is 8.27. The van der Waals surface area contributed by atoms with Gasteiger partial charge in [0, 0.05) is 22.0 Å². The van der Waals surface area contributed by atoms with Crippen LogP contribution in [0, 0.1) is 0 Å². The Morgan fingerprint density at radius 1 is 0.939 bits per heavy atom. The Kier molecular flexibility index (Phi) is 5.14. The van der Waals surface area contributed by atoms with Crippen LogP contribution in [0.25, 0.3) is 22.2 Å². The van der Waals surface area contributed by atoms with Crippen molar-refractivity contribution in [3.63, 3.8) is 0 Å². The van der Waals surface area contributed by atoms with E-state index >= 15 is 0 Å². The molecule has 3 amide bonds. The highest BCUT2D eigenvalue weighted by Gasteiger charge is 2.40. The van der Waals surface area contributed by atoms with Gasteiger partial charge in [0.2, 0.25) is 11.8 Å². The van der Waals surface area contributed by atoms with E-state index in [9.17, 15) is 14.4 Å². The number of nitrogens with two attached hydrogens (primary N) is 1. The molecule has 0 bridgehead atoms.